The Labute approximate surface area is 140 Å². The minimum absolute atomic E-state index is 0.203. The number of hydrogen-bond acceptors (Lipinski definition) is 3. The number of benzene rings is 2. The van der Waals surface area contributed by atoms with E-state index in [9.17, 15) is 4.79 Å². The monoisotopic (exact) mass is 331 g/mol. The van der Waals surface area contributed by atoms with Crippen molar-refractivity contribution in [3.63, 3.8) is 0 Å². The number of nitrogens with zero attached hydrogens (tertiary/aromatic N) is 1. The quantitative estimate of drug-likeness (QED) is 0.825. The molecule has 1 aliphatic rings. The highest BCUT2D eigenvalue weighted by Crippen LogP contribution is 2.47. The van der Waals surface area contributed by atoms with Crippen LogP contribution in [0.2, 0.25) is 5.02 Å². The first-order valence-electron chi connectivity index (χ1n) is 7.30. The first kappa shape index (κ1) is 15.6. The Bertz CT molecular complexity index is 714. The zero-order chi connectivity index (χ0) is 15.7. The molecule has 0 fully saturated rings. The van der Waals surface area contributed by atoms with Gasteiger partial charge in [-0.1, -0.05) is 41.6 Å². The van der Waals surface area contributed by atoms with Gasteiger partial charge in [0.1, 0.15) is 5.78 Å². The molecule has 0 aliphatic carbocycles. The van der Waals surface area contributed by atoms with Crippen LogP contribution < -0.4 is 0 Å². The van der Waals surface area contributed by atoms with E-state index in [4.69, 9.17) is 11.6 Å². The third kappa shape index (κ3) is 3.07. The maximum atomic E-state index is 12.9. The molecule has 1 heterocycles. The molecule has 4 heteroatoms. The molecule has 0 spiro atoms. The van der Waals surface area contributed by atoms with E-state index in [-0.39, 0.29) is 11.7 Å². The van der Waals surface area contributed by atoms with Gasteiger partial charge in [-0.3, -0.25) is 4.79 Å². The summed E-state index contributed by atoms with van der Waals surface area (Å²) in [7, 11) is 3.98. The van der Waals surface area contributed by atoms with Crippen molar-refractivity contribution in [3.8, 4) is 0 Å². The molecule has 0 bridgehead atoms. The van der Waals surface area contributed by atoms with Gasteiger partial charge in [0.25, 0.3) is 0 Å². The molecule has 0 saturated heterocycles. The van der Waals surface area contributed by atoms with Crippen LogP contribution in [0.5, 0.6) is 0 Å². The first-order chi connectivity index (χ1) is 10.6. The second-order valence-corrected chi connectivity index (χ2v) is 7.29. The molecule has 0 radical (unpaired) electrons. The zero-order valence-corrected chi connectivity index (χ0v) is 14.2. The molecule has 0 saturated carbocycles. The summed E-state index contributed by atoms with van der Waals surface area (Å²) in [5.41, 5.74) is 2.14. The lowest BCUT2D eigenvalue weighted by Gasteiger charge is -2.27. The fraction of sp³-hybridized carbons (Fsp3) is 0.278. The number of ketones is 1. The van der Waals surface area contributed by atoms with Crippen molar-refractivity contribution >= 4 is 29.1 Å². The summed E-state index contributed by atoms with van der Waals surface area (Å²) in [5.74, 6) is 0.0519. The third-order valence-electron chi connectivity index (χ3n) is 3.86. The number of Topliss-reactive ketones (excluding diaryl/α,β-unsaturated/α-hetero) is 1. The van der Waals surface area contributed by atoms with E-state index in [1.807, 2.05) is 49.3 Å². The van der Waals surface area contributed by atoms with Crippen LogP contribution in [0.25, 0.3) is 0 Å². The number of fused-ring (bicyclic) bond motifs is 2. The summed E-state index contributed by atoms with van der Waals surface area (Å²) in [6, 6.07) is 14.0. The van der Waals surface area contributed by atoms with Gasteiger partial charge >= 0.3 is 0 Å². The van der Waals surface area contributed by atoms with Gasteiger partial charge in [0, 0.05) is 27.8 Å². The van der Waals surface area contributed by atoms with Crippen molar-refractivity contribution in [2.24, 2.45) is 0 Å². The summed E-state index contributed by atoms with van der Waals surface area (Å²) in [6.07, 6.45) is 0.544. The number of halogens is 1. The van der Waals surface area contributed by atoms with E-state index >= 15 is 0 Å². The summed E-state index contributed by atoms with van der Waals surface area (Å²) in [6.45, 7) is 0.764. The maximum absolute atomic E-state index is 12.9. The minimum Gasteiger partial charge on any atom is -0.309 e. The Kier molecular flexibility index (Phi) is 4.57. The van der Waals surface area contributed by atoms with Crippen LogP contribution in [0, 0.1) is 0 Å². The van der Waals surface area contributed by atoms with Gasteiger partial charge in [0.2, 0.25) is 0 Å². The van der Waals surface area contributed by atoms with Crippen LogP contribution in [0.1, 0.15) is 23.5 Å². The Morgan fingerprint density at radius 3 is 2.64 bits per heavy atom. The summed E-state index contributed by atoms with van der Waals surface area (Å²) >= 11 is 7.89. The van der Waals surface area contributed by atoms with Crippen LogP contribution in [-0.2, 0) is 4.79 Å². The summed E-state index contributed by atoms with van der Waals surface area (Å²) in [5, 5.41) is 0.684. The van der Waals surface area contributed by atoms with Crippen molar-refractivity contribution in [1.82, 2.24) is 4.90 Å². The number of rotatable bonds is 4. The molecule has 1 aliphatic heterocycles. The van der Waals surface area contributed by atoms with Gasteiger partial charge < -0.3 is 4.90 Å². The topological polar surface area (TPSA) is 20.3 Å². The highest BCUT2D eigenvalue weighted by molar-refractivity contribution is 7.99. The second-order valence-electron chi connectivity index (χ2n) is 5.77. The number of carbonyl (C=O) groups is 1. The van der Waals surface area contributed by atoms with E-state index in [0.29, 0.717) is 11.4 Å². The predicted octanol–water partition coefficient (Wildman–Crippen LogP) is 4.46. The van der Waals surface area contributed by atoms with E-state index in [2.05, 4.69) is 12.1 Å². The van der Waals surface area contributed by atoms with Crippen molar-refractivity contribution in [3.05, 3.63) is 58.6 Å². The van der Waals surface area contributed by atoms with Gasteiger partial charge in [0.15, 0.2) is 0 Å². The smallest absolute Gasteiger partial charge is 0.146 e. The molecule has 2 aromatic carbocycles. The van der Waals surface area contributed by atoms with Crippen LogP contribution in [0.3, 0.4) is 0 Å². The predicted molar refractivity (Wildman–Crippen MR) is 92.0 cm³/mol. The molecule has 2 aromatic rings. The molecule has 22 heavy (non-hydrogen) atoms. The van der Waals surface area contributed by atoms with Crippen LogP contribution >= 0.6 is 23.4 Å². The lowest BCUT2D eigenvalue weighted by Crippen LogP contribution is -2.23. The van der Waals surface area contributed by atoms with Gasteiger partial charge in [0.05, 0.1) is 5.92 Å². The Balaban J connectivity index is 2.04. The zero-order valence-electron chi connectivity index (χ0n) is 12.7. The molecule has 0 aromatic heterocycles. The van der Waals surface area contributed by atoms with E-state index < -0.39 is 0 Å². The second kappa shape index (κ2) is 6.45. The molecule has 114 valence electrons. The van der Waals surface area contributed by atoms with Crippen molar-refractivity contribution in [1.29, 1.82) is 0 Å². The lowest BCUT2D eigenvalue weighted by atomic mass is 9.86. The van der Waals surface area contributed by atoms with Gasteiger partial charge in [-0.05, 0) is 49.5 Å². The third-order valence-corrected chi connectivity index (χ3v) is 5.28. The van der Waals surface area contributed by atoms with Crippen LogP contribution in [-0.4, -0.2) is 31.3 Å². The highest BCUT2D eigenvalue weighted by atomic mass is 35.5. The molecule has 0 N–H and O–H groups in total. The fourth-order valence-corrected chi connectivity index (χ4v) is 4.06. The largest absolute Gasteiger partial charge is 0.309 e. The van der Waals surface area contributed by atoms with Gasteiger partial charge in [-0.15, -0.1) is 0 Å². The minimum atomic E-state index is -0.203. The standard InChI is InChI=1S/C18H18ClNOS/c1-20(2)10-9-15(21)18-13-5-3-4-6-16(13)22-17-8-7-12(19)11-14(17)18/h3-8,11,18H,9-10H2,1-2H3. The maximum Gasteiger partial charge on any atom is 0.146 e. The molecule has 1 unspecified atom stereocenters. The summed E-state index contributed by atoms with van der Waals surface area (Å²) < 4.78 is 0. The number of carbonyl (C=O) groups excluding carboxylic acids is 1. The van der Waals surface area contributed by atoms with Crippen molar-refractivity contribution in [2.75, 3.05) is 20.6 Å². The average Bonchev–Trinajstić information content (AvgIpc) is 2.50. The van der Waals surface area contributed by atoms with Gasteiger partial charge in [-0.2, -0.15) is 0 Å². The Morgan fingerprint density at radius 1 is 1.14 bits per heavy atom. The fourth-order valence-electron chi connectivity index (χ4n) is 2.76. The van der Waals surface area contributed by atoms with E-state index in [1.54, 1.807) is 11.8 Å². The Hall–Kier alpha value is -1.29. The Morgan fingerprint density at radius 2 is 1.86 bits per heavy atom. The molecular weight excluding hydrogens is 314 g/mol. The van der Waals surface area contributed by atoms with Crippen LogP contribution in [0.4, 0.5) is 0 Å². The normalized spacial score (nSPS) is 16.3. The molecular formula is C18H18ClNOS. The van der Waals surface area contributed by atoms with Crippen LogP contribution in [0.15, 0.2) is 52.3 Å². The molecule has 1 atom stereocenters. The highest BCUT2D eigenvalue weighted by Gasteiger charge is 2.31. The molecule has 2 nitrogen and oxygen atoms in total. The van der Waals surface area contributed by atoms with Gasteiger partial charge in [-0.25, -0.2) is 0 Å². The summed E-state index contributed by atoms with van der Waals surface area (Å²) in [4.78, 5) is 17.2. The molecule has 3 rings (SSSR count). The lowest BCUT2D eigenvalue weighted by molar-refractivity contribution is -0.120. The van der Waals surface area contributed by atoms with E-state index in [1.165, 1.54) is 4.90 Å². The SMILES string of the molecule is CN(C)CCC(=O)C1c2ccccc2Sc2ccc(Cl)cc21. The molecule has 0 amide bonds. The number of hydrogen-bond donors (Lipinski definition) is 0. The van der Waals surface area contributed by atoms with E-state index in [0.717, 1.165) is 22.6 Å². The first-order valence-corrected chi connectivity index (χ1v) is 8.49. The average molecular weight is 332 g/mol. The van der Waals surface area contributed by atoms with Crippen molar-refractivity contribution < 1.29 is 4.79 Å². The van der Waals surface area contributed by atoms with Crippen molar-refractivity contribution in [2.45, 2.75) is 22.1 Å².